The van der Waals surface area contributed by atoms with Crippen LogP contribution in [0.4, 0.5) is 15.3 Å². The number of urea groups is 2. The van der Waals surface area contributed by atoms with E-state index in [0.717, 1.165) is 10.5 Å². The summed E-state index contributed by atoms with van der Waals surface area (Å²) in [7, 11) is 0. The normalized spacial score (nSPS) is 14.6. The number of fused-ring (bicyclic) bond motifs is 1. The largest absolute Gasteiger partial charge is 0.351 e. The Morgan fingerprint density at radius 1 is 1.43 bits per heavy atom. The van der Waals surface area contributed by atoms with Gasteiger partial charge in [-0.3, -0.25) is 0 Å². The highest BCUT2D eigenvalue weighted by molar-refractivity contribution is 6.14. The Bertz CT molecular complexity index is 403. The molecule has 1 aromatic carbocycles. The molecular weight excluding hydrogens is 182 g/mol. The molecule has 1 aliphatic heterocycles. The third kappa shape index (κ3) is 1.19. The molecule has 2 rings (SSSR count). The third-order valence-electron chi connectivity index (χ3n) is 2.09. The van der Waals surface area contributed by atoms with Crippen molar-refractivity contribution in [1.29, 1.82) is 0 Å². The monoisotopic (exact) mass is 191 g/mol. The Labute approximate surface area is 80.5 Å². The van der Waals surface area contributed by atoms with Crippen molar-refractivity contribution in [2.24, 2.45) is 5.73 Å². The van der Waals surface area contributed by atoms with Gasteiger partial charge in [0.1, 0.15) is 0 Å². The Kier molecular flexibility index (Phi) is 1.85. The molecule has 0 unspecified atom stereocenters. The maximum absolute atomic E-state index is 11.3. The first-order valence-corrected chi connectivity index (χ1v) is 4.15. The van der Waals surface area contributed by atoms with Gasteiger partial charge in [-0.15, -0.1) is 0 Å². The number of nitrogens with zero attached hydrogens (tertiary/aromatic N) is 1. The van der Waals surface area contributed by atoms with Crippen LogP contribution >= 0.6 is 0 Å². The van der Waals surface area contributed by atoms with Crippen molar-refractivity contribution in [3.05, 3.63) is 29.8 Å². The molecule has 0 fully saturated rings. The van der Waals surface area contributed by atoms with Crippen molar-refractivity contribution in [3.63, 3.8) is 0 Å². The van der Waals surface area contributed by atoms with Gasteiger partial charge in [0, 0.05) is 6.54 Å². The van der Waals surface area contributed by atoms with Crippen LogP contribution in [0.2, 0.25) is 0 Å². The van der Waals surface area contributed by atoms with Gasteiger partial charge in [0.25, 0.3) is 0 Å². The number of rotatable bonds is 0. The number of amides is 4. The number of hydrogen-bond donors (Lipinski definition) is 2. The summed E-state index contributed by atoms with van der Waals surface area (Å²) >= 11 is 0. The number of nitrogens with one attached hydrogen (secondary N) is 1. The van der Waals surface area contributed by atoms with Gasteiger partial charge in [0.2, 0.25) is 0 Å². The van der Waals surface area contributed by atoms with Gasteiger partial charge in [-0.2, -0.15) is 0 Å². The molecule has 72 valence electrons. The van der Waals surface area contributed by atoms with E-state index in [1.54, 1.807) is 12.1 Å². The van der Waals surface area contributed by atoms with E-state index in [2.05, 4.69) is 5.32 Å². The second-order valence-electron chi connectivity index (χ2n) is 2.96. The maximum atomic E-state index is 11.3. The summed E-state index contributed by atoms with van der Waals surface area (Å²) in [4.78, 5) is 23.3. The minimum atomic E-state index is -0.769. The molecule has 5 heteroatoms. The molecule has 3 N–H and O–H groups in total. The molecule has 1 aromatic rings. The molecule has 0 bridgehead atoms. The Balaban J connectivity index is 2.51. The van der Waals surface area contributed by atoms with Gasteiger partial charge in [-0.25, -0.2) is 14.5 Å². The molecule has 0 aromatic heterocycles. The molecule has 0 saturated heterocycles. The summed E-state index contributed by atoms with van der Waals surface area (Å²) in [6.07, 6.45) is 0. The molecule has 0 radical (unpaired) electrons. The standard InChI is InChI=1S/C9H9N3O2/c10-8(13)12-7-4-2-1-3-6(7)5-11-9(12)14/h1-4H,5H2,(H2,10,13)(H,11,14). The zero-order valence-corrected chi connectivity index (χ0v) is 7.36. The van der Waals surface area contributed by atoms with Crippen LogP contribution in [0.15, 0.2) is 24.3 Å². The predicted octanol–water partition coefficient (Wildman–Crippen LogP) is 0.795. The van der Waals surface area contributed by atoms with Crippen molar-refractivity contribution < 1.29 is 9.59 Å². The smallest absolute Gasteiger partial charge is 0.330 e. The first-order valence-electron chi connectivity index (χ1n) is 4.15. The number of primary amides is 1. The first kappa shape index (κ1) is 8.55. The first-order chi connectivity index (χ1) is 6.70. The molecule has 1 aliphatic rings. The SMILES string of the molecule is NC(=O)N1C(=O)NCc2ccccc21. The van der Waals surface area contributed by atoms with Crippen LogP contribution in [0, 0.1) is 0 Å². The number of imide groups is 1. The molecule has 0 saturated carbocycles. The molecule has 5 nitrogen and oxygen atoms in total. The number of para-hydroxylation sites is 1. The summed E-state index contributed by atoms with van der Waals surface area (Å²) in [5.74, 6) is 0. The lowest BCUT2D eigenvalue weighted by Crippen LogP contribution is -2.49. The van der Waals surface area contributed by atoms with Gasteiger partial charge >= 0.3 is 12.1 Å². The zero-order chi connectivity index (χ0) is 10.1. The van der Waals surface area contributed by atoms with E-state index >= 15 is 0 Å². The number of carbonyl (C=O) groups excluding carboxylic acids is 2. The Morgan fingerprint density at radius 3 is 2.86 bits per heavy atom. The minimum absolute atomic E-state index is 0.429. The molecule has 4 amide bonds. The molecule has 0 atom stereocenters. The van der Waals surface area contributed by atoms with Crippen LogP contribution in [0.5, 0.6) is 0 Å². The van der Waals surface area contributed by atoms with Crippen LogP contribution in [-0.2, 0) is 6.54 Å². The van der Waals surface area contributed by atoms with E-state index < -0.39 is 12.1 Å². The quantitative estimate of drug-likeness (QED) is 0.636. The molecular formula is C9H9N3O2. The number of anilines is 1. The molecule has 0 aliphatic carbocycles. The topological polar surface area (TPSA) is 75.4 Å². The van der Waals surface area contributed by atoms with Crippen LogP contribution in [-0.4, -0.2) is 12.1 Å². The lowest BCUT2D eigenvalue weighted by atomic mass is 10.1. The summed E-state index contributed by atoms with van der Waals surface area (Å²) in [5.41, 5.74) is 6.54. The fourth-order valence-corrected chi connectivity index (χ4v) is 1.46. The number of nitrogens with two attached hydrogens (primary N) is 1. The maximum Gasteiger partial charge on any atom is 0.330 e. The van der Waals surface area contributed by atoms with Gasteiger partial charge in [-0.05, 0) is 11.6 Å². The van der Waals surface area contributed by atoms with E-state index in [1.165, 1.54) is 0 Å². The van der Waals surface area contributed by atoms with Gasteiger partial charge in [-0.1, -0.05) is 18.2 Å². The highest BCUT2D eigenvalue weighted by Crippen LogP contribution is 2.23. The van der Waals surface area contributed by atoms with Crippen molar-refractivity contribution in [1.82, 2.24) is 5.32 Å². The average Bonchev–Trinajstić information content (AvgIpc) is 2.17. The summed E-state index contributed by atoms with van der Waals surface area (Å²) in [6.45, 7) is 0.429. The van der Waals surface area contributed by atoms with Crippen molar-refractivity contribution >= 4 is 17.7 Å². The second kappa shape index (κ2) is 3.02. The van der Waals surface area contributed by atoms with E-state index in [0.29, 0.717) is 12.2 Å². The average molecular weight is 191 g/mol. The van der Waals surface area contributed by atoms with Crippen molar-refractivity contribution in [3.8, 4) is 0 Å². The van der Waals surface area contributed by atoms with E-state index in [1.807, 2.05) is 12.1 Å². The fourth-order valence-electron chi connectivity index (χ4n) is 1.46. The summed E-state index contributed by atoms with van der Waals surface area (Å²) in [6, 6.07) is 5.89. The summed E-state index contributed by atoms with van der Waals surface area (Å²) in [5, 5.41) is 2.56. The lowest BCUT2D eigenvalue weighted by Gasteiger charge is -2.26. The number of benzene rings is 1. The number of hydrogen-bond acceptors (Lipinski definition) is 2. The third-order valence-corrected chi connectivity index (χ3v) is 2.09. The lowest BCUT2D eigenvalue weighted by molar-refractivity contribution is 0.237. The summed E-state index contributed by atoms with van der Waals surface area (Å²) < 4.78 is 0. The highest BCUT2D eigenvalue weighted by atomic mass is 16.2. The van der Waals surface area contributed by atoms with Crippen molar-refractivity contribution in [2.75, 3.05) is 4.90 Å². The zero-order valence-electron chi connectivity index (χ0n) is 7.36. The molecule has 0 spiro atoms. The van der Waals surface area contributed by atoms with Crippen LogP contribution in [0.3, 0.4) is 0 Å². The van der Waals surface area contributed by atoms with Crippen molar-refractivity contribution in [2.45, 2.75) is 6.54 Å². The van der Waals surface area contributed by atoms with E-state index in [-0.39, 0.29) is 0 Å². The second-order valence-corrected chi connectivity index (χ2v) is 2.96. The van der Waals surface area contributed by atoms with Gasteiger partial charge < -0.3 is 11.1 Å². The van der Waals surface area contributed by atoms with Gasteiger partial charge in [0.15, 0.2) is 0 Å². The fraction of sp³-hybridized carbons (Fsp3) is 0.111. The van der Waals surface area contributed by atoms with Crippen LogP contribution in [0.1, 0.15) is 5.56 Å². The Morgan fingerprint density at radius 2 is 2.14 bits per heavy atom. The molecule has 14 heavy (non-hydrogen) atoms. The molecule has 1 heterocycles. The highest BCUT2D eigenvalue weighted by Gasteiger charge is 2.26. The number of carbonyl (C=O) groups is 2. The van der Waals surface area contributed by atoms with E-state index in [4.69, 9.17) is 5.73 Å². The van der Waals surface area contributed by atoms with Crippen LogP contribution < -0.4 is 16.0 Å². The minimum Gasteiger partial charge on any atom is -0.351 e. The van der Waals surface area contributed by atoms with E-state index in [9.17, 15) is 9.59 Å². The van der Waals surface area contributed by atoms with Crippen LogP contribution in [0.25, 0.3) is 0 Å². The van der Waals surface area contributed by atoms with Gasteiger partial charge in [0.05, 0.1) is 5.69 Å². The Hall–Kier alpha value is -2.04. The predicted molar refractivity (Wildman–Crippen MR) is 50.7 cm³/mol.